The Morgan fingerprint density at radius 1 is 0.933 bits per heavy atom. The Bertz CT molecular complexity index is 198. The third-order valence-electron chi connectivity index (χ3n) is 4.31. The average Bonchev–Trinajstić information content (AvgIpc) is 1.98. The van der Waals surface area contributed by atoms with Crippen molar-refractivity contribution in [3.8, 4) is 0 Å². The van der Waals surface area contributed by atoms with Crippen molar-refractivity contribution >= 4 is 0 Å². The molecule has 0 aliphatic carbocycles. The van der Waals surface area contributed by atoms with E-state index in [2.05, 4.69) is 41.5 Å². The van der Waals surface area contributed by atoms with Crippen molar-refractivity contribution in [2.24, 2.45) is 16.2 Å². The summed E-state index contributed by atoms with van der Waals surface area (Å²) in [4.78, 5) is 0. The van der Waals surface area contributed by atoms with Gasteiger partial charge in [0.2, 0.25) is 0 Å². The summed E-state index contributed by atoms with van der Waals surface area (Å²) >= 11 is 0. The molecular formula is C14H28O. The molecule has 1 saturated heterocycles. The second-order valence-corrected chi connectivity index (χ2v) is 7.32. The molecule has 0 radical (unpaired) electrons. The molecule has 0 aromatic heterocycles. The van der Waals surface area contributed by atoms with Gasteiger partial charge in [0, 0.05) is 0 Å². The number of hydrogen-bond donors (Lipinski definition) is 0. The highest BCUT2D eigenvalue weighted by Crippen LogP contribution is 2.45. The Morgan fingerprint density at radius 2 is 1.53 bits per heavy atom. The molecule has 1 aliphatic rings. The average molecular weight is 212 g/mol. The fourth-order valence-electron chi connectivity index (χ4n) is 2.25. The standard InChI is InChI=1S/C14H28O/c1-12(2,3)14(6)9-7-8-13(4,5)10-15-11-14/h7-11H2,1-6H3. The first kappa shape index (κ1) is 13.0. The van der Waals surface area contributed by atoms with Gasteiger partial charge in [0.25, 0.3) is 0 Å². The van der Waals surface area contributed by atoms with E-state index in [0.29, 0.717) is 16.2 Å². The van der Waals surface area contributed by atoms with Crippen LogP contribution in [0.3, 0.4) is 0 Å². The van der Waals surface area contributed by atoms with E-state index in [0.717, 1.165) is 13.2 Å². The van der Waals surface area contributed by atoms with Crippen molar-refractivity contribution in [2.45, 2.75) is 60.8 Å². The van der Waals surface area contributed by atoms with E-state index in [1.165, 1.54) is 19.3 Å². The van der Waals surface area contributed by atoms with Crippen molar-refractivity contribution in [1.29, 1.82) is 0 Å². The van der Waals surface area contributed by atoms with Gasteiger partial charge < -0.3 is 4.74 Å². The van der Waals surface area contributed by atoms with Crippen LogP contribution in [0.5, 0.6) is 0 Å². The van der Waals surface area contributed by atoms with Crippen LogP contribution in [0.4, 0.5) is 0 Å². The first-order valence-electron chi connectivity index (χ1n) is 6.24. The van der Waals surface area contributed by atoms with E-state index in [4.69, 9.17) is 4.74 Å². The molecule has 1 fully saturated rings. The molecular weight excluding hydrogens is 184 g/mol. The highest BCUT2D eigenvalue weighted by molar-refractivity contribution is 4.88. The molecule has 90 valence electrons. The topological polar surface area (TPSA) is 9.23 Å². The van der Waals surface area contributed by atoms with E-state index in [9.17, 15) is 0 Å². The predicted octanol–water partition coefficient (Wildman–Crippen LogP) is 4.27. The van der Waals surface area contributed by atoms with Gasteiger partial charge in [-0.2, -0.15) is 0 Å². The molecule has 1 rings (SSSR count). The maximum Gasteiger partial charge on any atom is 0.0525 e. The molecule has 1 unspecified atom stereocenters. The maximum atomic E-state index is 5.93. The Kier molecular flexibility index (Phi) is 3.55. The lowest BCUT2D eigenvalue weighted by Crippen LogP contribution is -2.40. The molecule has 0 bridgehead atoms. The summed E-state index contributed by atoms with van der Waals surface area (Å²) in [5, 5.41) is 0. The first-order valence-corrected chi connectivity index (χ1v) is 6.24. The van der Waals surface area contributed by atoms with Gasteiger partial charge in [0.05, 0.1) is 13.2 Å². The zero-order chi connectivity index (χ0) is 11.7. The summed E-state index contributed by atoms with van der Waals surface area (Å²) < 4.78 is 5.93. The summed E-state index contributed by atoms with van der Waals surface area (Å²) in [6.07, 6.45) is 3.92. The van der Waals surface area contributed by atoms with Crippen LogP contribution in [-0.2, 0) is 4.74 Å². The van der Waals surface area contributed by atoms with Gasteiger partial charge in [-0.15, -0.1) is 0 Å². The molecule has 0 spiro atoms. The van der Waals surface area contributed by atoms with Crippen molar-refractivity contribution in [3.05, 3.63) is 0 Å². The van der Waals surface area contributed by atoms with Crippen molar-refractivity contribution in [3.63, 3.8) is 0 Å². The highest BCUT2D eigenvalue weighted by atomic mass is 16.5. The Balaban J connectivity index is 2.67. The SMILES string of the molecule is CC1(C)CCCC(C)(C(C)(C)C)COC1. The molecule has 0 N–H and O–H groups in total. The van der Waals surface area contributed by atoms with Crippen LogP contribution >= 0.6 is 0 Å². The van der Waals surface area contributed by atoms with Gasteiger partial charge >= 0.3 is 0 Å². The van der Waals surface area contributed by atoms with Gasteiger partial charge in [0.1, 0.15) is 0 Å². The van der Waals surface area contributed by atoms with Crippen LogP contribution in [-0.4, -0.2) is 13.2 Å². The Hall–Kier alpha value is -0.0400. The van der Waals surface area contributed by atoms with E-state index in [-0.39, 0.29) is 0 Å². The second kappa shape index (κ2) is 4.08. The summed E-state index contributed by atoms with van der Waals surface area (Å²) in [6.45, 7) is 15.8. The van der Waals surface area contributed by atoms with E-state index >= 15 is 0 Å². The molecule has 0 aromatic carbocycles. The van der Waals surface area contributed by atoms with Crippen molar-refractivity contribution < 1.29 is 4.74 Å². The smallest absolute Gasteiger partial charge is 0.0525 e. The zero-order valence-electron chi connectivity index (χ0n) is 11.4. The molecule has 0 aromatic rings. The monoisotopic (exact) mass is 212 g/mol. The second-order valence-electron chi connectivity index (χ2n) is 7.32. The summed E-state index contributed by atoms with van der Waals surface area (Å²) in [5.74, 6) is 0. The number of rotatable bonds is 0. The summed E-state index contributed by atoms with van der Waals surface area (Å²) in [5.41, 5.74) is 1.05. The molecule has 1 atom stereocenters. The lowest BCUT2D eigenvalue weighted by atomic mass is 9.64. The molecule has 0 saturated carbocycles. The fourth-order valence-corrected chi connectivity index (χ4v) is 2.25. The van der Waals surface area contributed by atoms with E-state index < -0.39 is 0 Å². The van der Waals surface area contributed by atoms with Crippen LogP contribution in [0.2, 0.25) is 0 Å². The van der Waals surface area contributed by atoms with E-state index in [1.54, 1.807) is 0 Å². The van der Waals surface area contributed by atoms with Crippen LogP contribution in [0.1, 0.15) is 60.8 Å². The molecule has 15 heavy (non-hydrogen) atoms. The van der Waals surface area contributed by atoms with Gasteiger partial charge in [-0.1, -0.05) is 48.0 Å². The van der Waals surface area contributed by atoms with Crippen LogP contribution < -0.4 is 0 Å². The maximum absolute atomic E-state index is 5.93. The largest absolute Gasteiger partial charge is 0.380 e. The third-order valence-corrected chi connectivity index (χ3v) is 4.31. The molecule has 0 amide bonds. The van der Waals surface area contributed by atoms with Gasteiger partial charge in [0.15, 0.2) is 0 Å². The quantitative estimate of drug-likeness (QED) is 0.583. The Morgan fingerprint density at radius 3 is 2.07 bits per heavy atom. The van der Waals surface area contributed by atoms with Crippen molar-refractivity contribution in [2.75, 3.05) is 13.2 Å². The van der Waals surface area contributed by atoms with Crippen LogP contribution in [0.25, 0.3) is 0 Å². The highest BCUT2D eigenvalue weighted by Gasteiger charge is 2.39. The number of ether oxygens (including phenoxy) is 1. The zero-order valence-corrected chi connectivity index (χ0v) is 11.4. The van der Waals surface area contributed by atoms with Gasteiger partial charge in [-0.3, -0.25) is 0 Å². The lowest BCUT2D eigenvalue weighted by molar-refractivity contribution is -0.0614. The fraction of sp³-hybridized carbons (Fsp3) is 1.00. The minimum absolute atomic E-state index is 0.337. The lowest BCUT2D eigenvalue weighted by Gasteiger charge is -2.44. The van der Waals surface area contributed by atoms with Crippen molar-refractivity contribution in [1.82, 2.24) is 0 Å². The minimum atomic E-state index is 0.337. The summed E-state index contributed by atoms with van der Waals surface area (Å²) in [6, 6.07) is 0. The number of hydrogen-bond acceptors (Lipinski definition) is 1. The van der Waals surface area contributed by atoms with Gasteiger partial charge in [-0.25, -0.2) is 0 Å². The molecule has 1 heteroatoms. The molecule has 1 nitrogen and oxygen atoms in total. The Labute approximate surface area is 95.6 Å². The predicted molar refractivity (Wildman–Crippen MR) is 66.0 cm³/mol. The summed E-state index contributed by atoms with van der Waals surface area (Å²) in [7, 11) is 0. The first-order chi connectivity index (χ1) is 6.66. The van der Waals surface area contributed by atoms with Crippen LogP contribution in [0, 0.1) is 16.2 Å². The molecule has 1 heterocycles. The van der Waals surface area contributed by atoms with Crippen LogP contribution in [0.15, 0.2) is 0 Å². The minimum Gasteiger partial charge on any atom is -0.380 e. The van der Waals surface area contributed by atoms with Gasteiger partial charge in [-0.05, 0) is 29.1 Å². The normalized spacial score (nSPS) is 33.2. The van der Waals surface area contributed by atoms with E-state index in [1.807, 2.05) is 0 Å². The third kappa shape index (κ3) is 3.21. The molecule has 1 aliphatic heterocycles.